The smallest absolute Gasteiger partial charge is 0.222 e. The van der Waals surface area contributed by atoms with Crippen molar-refractivity contribution >= 4 is 5.91 Å². The van der Waals surface area contributed by atoms with Gasteiger partial charge < -0.3 is 10.1 Å². The highest BCUT2D eigenvalue weighted by atomic mass is 16.5. The number of nitrogens with zero attached hydrogens (tertiary/aromatic N) is 5. The zero-order valence-electron chi connectivity index (χ0n) is 13.8. The van der Waals surface area contributed by atoms with Crippen LogP contribution in [0.1, 0.15) is 12.1 Å². The number of amides is 1. The summed E-state index contributed by atoms with van der Waals surface area (Å²) in [5.41, 5.74) is 1.66. The number of carbonyl (C=O) groups excluding carboxylic acids is 1. The molecule has 128 valence electrons. The lowest BCUT2D eigenvalue weighted by Crippen LogP contribution is -2.24. The maximum atomic E-state index is 11.9. The predicted molar refractivity (Wildman–Crippen MR) is 90.5 cm³/mol. The van der Waals surface area contributed by atoms with Crippen LogP contribution in [-0.2, 0) is 17.9 Å². The van der Waals surface area contributed by atoms with Crippen LogP contribution in [0.3, 0.4) is 0 Å². The Kier molecular flexibility index (Phi) is 5.30. The van der Waals surface area contributed by atoms with Gasteiger partial charge in [0, 0.05) is 18.2 Å². The second-order valence-electron chi connectivity index (χ2n) is 5.29. The van der Waals surface area contributed by atoms with E-state index >= 15 is 0 Å². The Morgan fingerprint density at radius 2 is 2.04 bits per heavy atom. The topological polar surface area (TPSA) is 94.8 Å². The fraction of sp³-hybridized carbons (Fsp3) is 0.235. The highest BCUT2D eigenvalue weighted by Crippen LogP contribution is 2.18. The Labute approximate surface area is 144 Å². The van der Waals surface area contributed by atoms with Crippen LogP contribution in [0.25, 0.3) is 11.4 Å². The molecule has 0 radical (unpaired) electrons. The average molecular weight is 338 g/mol. The molecule has 0 bridgehead atoms. The molecule has 1 amide bonds. The molecular formula is C17H18N6O2. The van der Waals surface area contributed by atoms with Gasteiger partial charge in [0.2, 0.25) is 11.7 Å². The fourth-order valence-corrected chi connectivity index (χ4v) is 2.18. The van der Waals surface area contributed by atoms with Gasteiger partial charge in [-0.1, -0.05) is 6.07 Å². The monoisotopic (exact) mass is 338 g/mol. The van der Waals surface area contributed by atoms with E-state index in [4.69, 9.17) is 4.74 Å². The fourth-order valence-electron chi connectivity index (χ4n) is 2.18. The van der Waals surface area contributed by atoms with Crippen LogP contribution in [0.4, 0.5) is 0 Å². The molecule has 3 rings (SSSR count). The minimum absolute atomic E-state index is 0.0889. The van der Waals surface area contributed by atoms with Crippen molar-refractivity contribution in [1.82, 2.24) is 30.5 Å². The Morgan fingerprint density at radius 1 is 1.20 bits per heavy atom. The molecular weight excluding hydrogens is 320 g/mol. The summed E-state index contributed by atoms with van der Waals surface area (Å²) >= 11 is 0. The van der Waals surface area contributed by atoms with Crippen LogP contribution in [0.15, 0.2) is 48.7 Å². The van der Waals surface area contributed by atoms with Crippen LogP contribution < -0.4 is 10.1 Å². The van der Waals surface area contributed by atoms with Gasteiger partial charge in [0.15, 0.2) is 0 Å². The first-order valence-corrected chi connectivity index (χ1v) is 7.83. The van der Waals surface area contributed by atoms with E-state index in [9.17, 15) is 4.79 Å². The SMILES string of the molecule is COc1ccc(-c2nnn(CCC(=O)NCc3ccccn3)n2)cc1. The van der Waals surface area contributed by atoms with E-state index < -0.39 is 0 Å². The molecule has 8 nitrogen and oxygen atoms in total. The number of benzene rings is 1. The molecule has 0 aliphatic rings. The molecule has 2 aromatic heterocycles. The largest absolute Gasteiger partial charge is 0.497 e. The van der Waals surface area contributed by atoms with E-state index in [1.807, 2.05) is 42.5 Å². The third kappa shape index (κ3) is 4.60. The second kappa shape index (κ2) is 8.00. The highest BCUT2D eigenvalue weighted by molar-refractivity contribution is 5.75. The summed E-state index contributed by atoms with van der Waals surface area (Å²) in [6.07, 6.45) is 1.97. The molecule has 8 heteroatoms. The molecule has 1 N–H and O–H groups in total. The van der Waals surface area contributed by atoms with Gasteiger partial charge in [0.1, 0.15) is 5.75 Å². The summed E-state index contributed by atoms with van der Waals surface area (Å²) in [6, 6.07) is 13.0. The first-order chi connectivity index (χ1) is 12.2. The van der Waals surface area contributed by atoms with Crippen LogP contribution in [0.5, 0.6) is 5.75 Å². The standard InChI is InChI=1S/C17H18N6O2/c1-25-15-7-5-13(6-8-15)17-20-22-23(21-17)11-9-16(24)19-12-14-4-2-3-10-18-14/h2-8,10H,9,11-12H2,1H3,(H,19,24). The number of hydrogen-bond acceptors (Lipinski definition) is 6. The molecule has 0 atom stereocenters. The summed E-state index contributed by atoms with van der Waals surface area (Å²) in [5.74, 6) is 1.19. The van der Waals surface area contributed by atoms with Crippen molar-refractivity contribution in [2.75, 3.05) is 7.11 Å². The van der Waals surface area contributed by atoms with Gasteiger partial charge >= 0.3 is 0 Å². The van der Waals surface area contributed by atoms with Crippen LogP contribution >= 0.6 is 0 Å². The number of rotatable bonds is 7. The maximum Gasteiger partial charge on any atom is 0.222 e. The van der Waals surface area contributed by atoms with Crippen molar-refractivity contribution in [2.45, 2.75) is 19.5 Å². The van der Waals surface area contributed by atoms with E-state index in [-0.39, 0.29) is 12.3 Å². The predicted octanol–water partition coefficient (Wildman–Crippen LogP) is 1.45. The average Bonchev–Trinajstić information content (AvgIpc) is 3.14. The van der Waals surface area contributed by atoms with Crippen LogP contribution in [0, 0.1) is 0 Å². The van der Waals surface area contributed by atoms with Gasteiger partial charge in [-0.2, -0.15) is 4.80 Å². The molecule has 0 aliphatic carbocycles. The van der Waals surface area contributed by atoms with Gasteiger partial charge in [-0.3, -0.25) is 9.78 Å². The van der Waals surface area contributed by atoms with Gasteiger partial charge in [-0.25, -0.2) is 0 Å². The number of carbonyl (C=O) groups is 1. The van der Waals surface area contributed by atoms with E-state index in [2.05, 4.69) is 25.7 Å². The summed E-state index contributed by atoms with van der Waals surface area (Å²) in [4.78, 5) is 17.5. The number of ether oxygens (including phenoxy) is 1. The van der Waals surface area contributed by atoms with Crippen LogP contribution in [0.2, 0.25) is 0 Å². The summed E-state index contributed by atoms with van der Waals surface area (Å²) in [7, 11) is 1.61. The molecule has 25 heavy (non-hydrogen) atoms. The van der Waals surface area contributed by atoms with E-state index in [1.54, 1.807) is 13.3 Å². The number of aryl methyl sites for hydroxylation is 1. The zero-order chi connectivity index (χ0) is 17.5. The van der Waals surface area contributed by atoms with E-state index in [1.165, 1.54) is 4.80 Å². The number of nitrogens with one attached hydrogen (secondary N) is 1. The molecule has 0 unspecified atom stereocenters. The lowest BCUT2D eigenvalue weighted by molar-refractivity contribution is -0.121. The molecule has 0 saturated carbocycles. The Balaban J connectivity index is 1.50. The third-order valence-corrected chi connectivity index (χ3v) is 3.53. The van der Waals surface area contributed by atoms with Crippen molar-refractivity contribution in [3.05, 3.63) is 54.4 Å². The van der Waals surface area contributed by atoms with E-state index in [0.717, 1.165) is 17.0 Å². The molecule has 0 aliphatic heterocycles. The minimum Gasteiger partial charge on any atom is -0.497 e. The van der Waals surface area contributed by atoms with Gasteiger partial charge in [0.05, 0.1) is 25.9 Å². The maximum absolute atomic E-state index is 11.9. The molecule has 0 saturated heterocycles. The zero-order valence-corrected chi connectivity index (χ0v) is 13.8. The third-order valence-electron chi connectivity index (χ3n) is 3.53. The first-order valence-electron chi connectivity index (χ1n) is 7.83. The quantitative estimate of drug-likeness (QED) is 0.701. The van der Waals surface area contributed by atoms with Gasteiger partial charge in [-0.15, -0.1) is 10.2 Å². The summed E-state index contributed by atoms with van der Waals surface area (Å²) in [6.45, 7) is 0.763. The number of methoxy groups -OCH3 is 1. The Hall–Kier alpha value is -3.29. The van der Waals surface area contributed by atoms with E-state index in [0.29, 0.717) is 18.9 Å². The van der Waals surface area contributed by atoms with Crippen molar-refractivity contribution in [3.8, 4) is 17.1 Å². The molecule has 0 fully saturated rings. The first kappa shape index (κ1) is 16.6. The number of pyridine rings is 1. The second-order valence-corrected chi connectivity index (χ2v) is 5.29. The van der Waals surface area contributed by atoms with Crippen molar-refractivity contribution in [1.29, 1.82) is 0 Å². The minimum atomic E-state index is -0.0889. The summed E-state index contributed by atoms with van der Waals surface area (Å²) in [5, 5.41) is 15.1. The lowest BCUT2D eigenvalue weighted by Gasteiger charge is -2.04. The molecule has 1 aromatic carbocycles. The molecule has 2 heterocycles. The van der Waals surface area contributed by atoms with Crippen molar-refractivity contribution in [2.24, 2.45) is 0 Å². The van der Waals surface area contributed by atoms with Gasteiger partial charge in [-0.05, 0) is 41.6 Å². The highest BCUT2D eigenvalue weighted by Gasteiger charge is 2.08. The number of hydrogen-bond donors (Lipinski definition) is 1. The van der Waals surface area contributed by atoms with Crippen LogP contribution in [-0.4, -0.2) is 38.2 Å². The lowest BCUT2D eigenvalue weighted by atomic mass is 10.2. The summed E-state index contributed by atoms with van der Waals surface area (Å²) < 4.78 is 5.12. The van der Waals surface area contributed by atoms with Crippen molar-refractivity contribution < 1.29 is 9.53 Å². The molecule has 3 aromatic rings. The number of tetrazole rings is 1. The Bertz CT molecular complexity index is 817. The molecule has 0 spiro atoms. The van der Waals surface area contributed by atoms with Crippen molar-refractivity contribution in [3.63, 3.8) is 0 Å². The van der Waals surface area contributed by atoms with Gasteiger partial charge in [0.25, 0.3) is 0 Å². The normalized spacial score (nSPS) is 10.4. The Morgan fingerprint density at radius 3 is 2.76 bits per heavy atom. The number of aromatic nitrogens is 5.